The predicted molar refractivity (Wildman–Crippen MR) is 126 cm³/mol. The zero-order valence-electron chi connectivity index (χ0n) is 18.5. The van der Waals surface area contributed by atoms with Crippen LogP contribution in [0.25, 0.3) is 16.9 Å². The van der Waals surface area contributed by atoms with Crippen molar-refractivity contribution in [1.29, 1.82) is 0 Å². The van der Waals surface area contributed by atoms with Gasteiger partial charge in [-0.15, -0.1) is 0 Å². The number of carbonyl (C=O) groups is 1. The van der Waals surface area contributed by atoms with Crippen LogP contribution in [0.5, 0.6) is 0 Å². The number of anilines is 1. The summed E-state index contributed by atoms with van der Waals surface area (Å²) in [5.41, 5.74) is 4.80. The molecule has 0 saturated carbocycles. The second-order valence-corrected chi connectivity index (χ2v) is 7.62. The number of amides is 1. The van der Waals surface area contributed by atoms with Crippen molar-refractivity contribution in [2.24, 2.45) is 0 Å². The molecule has 2 aromatic carbocycles. The molecular formula is C25H26N6O. The third-order valence-corrected chi connectivity index (χ3v) is 5.02. The number of nitrogens with zero attached hydrogens (tertiary/aromatic N) is 4. The highest BCUT2D eigenvalue weighted by Gasteiger charge is 2.09. The monoisotopic (exact) mass is 426 g/mol. The lowest BCUT2D eigenvalue weighted by molar-refractivity contribution is 0.0955. The van der Waals surface area contributed by atoms with Crippen molar-refractivity contribution in [3.63, 3.8) is 0 Å². The second kappa shape index (κ2) is 9.43. The van der Waals surface area contributed by atoms with Gasteiger partial charge in [-0.3, -0.25) is 4.79 Å². The minimum Gasteiger partial charge on any atom is -0.368 e. The fourth-order valence-corrected chi connectivity index (χ4v) is 3.53. The van der Waals surface area contributed by atoms with Crippen LogP contribution >= 0.6 is 0 Å². The van der Waals surface area contributed by atoms with Crippen LogP contribution in [-0.2, 0) is 0 Å². The molecule has 0 aliphatic rings. The van der Waals surface area contributed by atoms with E-state index in [1.54, 1.807) is 4.68 Å². The van der Waals surface area contributed by atoms with E-state index < -0.39 is 0 Å². The molecule has 0 bridgehead atoms. The Bertz CT molecular complexity index is 1220. The van der Waals surface area contributed by atoms with Gasteiger partial charge in [-0.1, -0.05) is 42.5 Å². The summed E-state index contributed by atoms with van der Waals surface area (Å²) in [4.78, 5) is 21.4. The molecule has 0 radical (unpaired) electrons. The lowest BCUT2D eigenvalue weighted by atomic mass is 10.0. The van der Waals surface area contributed by atoms with E-state index in [2.05, 4.69) is 37.8 Å². The van der Waals surface area contributed by atoms with Crippen LogP contribution in [0.4, 0.5) is 5.82 Å². The van der Waals surface area contributed by atoms with Gasteiger partial charge in [0, 0.05) is 30.4 Å². The number of carbonyl (C=O) groups excluding carboxylic acids is 1. The molecule has 2 aromatic heterocycles. The summed E-state index contributed by atoms with van der Waals surface area (Å²) in [6.07, 6.45) is 0. The summed E-state index contributed by atoms with van der Waals surface area (Å²) in [7, 11) is 0. The summed E-state index contributed by atoms with van der Waals surface area (Å²) in [6, 6.07) is 21.6. The molecule has 0 fully saturated rings. The van der Waals surface area contributed by atoms with Crippen LogP contribution in [-0.4, -0.2) is 38.7 Å². The van der Waals surface area contributed by atoms with Crippen molar-refractivity contribution < 1.29 is 4.79 Å². The zero-order valence-corrected chi connectivity index (χ0v) is 18.5. The Balaban J connectivity index is 1.32. The van der Waals surface area contributed by atoms with Gasteiger partial charge < -0.3 is 10.6 Å². The zero-order chi connectivity index (χ0) is 22.5. The van der Waals surface area contributed by atoms with Gasteiger partial charge in [0.25, 0.3) is 5.91 Å². The van der Waals surface area contributed by atoms with Crippen molar-refractivity contribution in [3.05, 3.63) is 89.5 Å². The van der Waals surface area contributed by atoms with Gasteiger partial charge in [-0.2, -0.15) is 5.10 Å². The molecule has 162 valence electrons. The summed E-state index contributed by atoms with van der Waals surface area (Å²) < 4.78 is 1.80. The highest BCUT2D eigenvalue weighted by molar-refractivity contribution is 5.94. The van der Waals surface area contributed by atoms with Crippen molar-refractivity contribution in [2.75, 3.05) is 18.4 Å². The van der Waals surface area contributed by atoms with Crippen LogP contribution < -0.4 is 10.6 Å². The van der Waals surface area contributed by atoms with Crippen molar-refractivity contribution in [2.45, 2.75) is 20.8 Å². The molecule has 0 spiro atoms. The van der Waals surface area contributed by atoms with Gasteiger partial charge in [-0.25, -0.2) is 14.6 Å². The Morgan fingerprint density at radius 2 is 1.59 bits per heavy atom. The first-order valence-corrected chi connectivity index (χ1v) is 10.6. The summed E-state index contributed by atoms with van der Waals surface area (Å²) in [6.45, 7) is 6.81. The molecule has 0 aliphatic carbocycles. The largest absolute Gasteiger partial charge is 0.368 e. The number of aryl methyl sites for hydroxylation is 3. The summed E-state index contributed by atoms with van der Waals surface area (Å²) >= 11 is 0. The number of nitrogens with one attached hydrogen (secondary N) is 2. The average molecular weight is 427 g/mol. The number of rotatable bonds is 7. The molecule has 7 heteroatoms. The lowest BCUT2D eigenvalue weighted by Gasteiger charge is -2.10. The third-order valence-electron chi connectivity index (χ3n) is 5.02. The number of aromatic nitrogens is 4. The highest BCUT2D eigenvalue weighted by atomic mass is 16.1. The second-order valence-electron chi connectivity index (χ2n) is 7.62. The molecule has 32 heavy (non-hydrogen) atoms. The standard InChI is InChI=1S/C25H26N6O/c1-17-15-18(2)31(30-17)24-16-23(28-19(3)29-24)26-13-14-27-25(32)22-11-9-21(10-12-22)20-7-5-4-6-8-20/h4-12,15-16H,13-14H2,1-3H3,(H,27,32)(H,26,28,29). The highest BCUT2D eigenvalue weighted by Crippen LogP contribution is 2.19. The van der Waals surface area contributed by atoms with E-state index in [-0.39, 0.29) is 5.91 Å². The minimum atomic E-state index is -0.103. The topological polar surface area (TPSA) is 84.7 Å². The molecule has 4 rings (SSSR count). The van der Waals surface area contributed by atoms with Gasteiger partial charge in [0.15, 0.2) is 5.82 Å². The molecule has 0 saturated heterocycles. The lowest BCUT2D eigenvalue weighted by Crippen LogP contribution is -2.29. The number of hydrogen-bond acceptors (Lipinski definition) is 5. The van der Waals surface area contributed by atoms with Gasteiger partial charge in [0.05, 0.1) is 5.69 Å². The van der Waals surface area contributed by atoms with Crippen LogP contribution in [0.2, 0.25) is 0 Å². The first-order valence-electron chi connectivity index (χ1n) is 10.6. The first kappa shape index (κ1) is 21.2. The maximum Gasteiger partial charge on any atom is 0.251 e. The maximum absolute atomic E-state index is 12.5. The Kier molecular flexibility index (Phi) is 6.26. The SMILES string of the molecule is Cc1cc(C)n(-c2cc(NCCNC(=O)c3ccc(-c4ccccc4)cc3)nc(C)n2)n1. The first-order chi connectivity index (χ1) is 15.5. The van der Waals surface area contributed by atoms with Crippen LogP contribution in [0.15, 0.2) is 66.7 Å². The Hall–Kier alpha value is -4.00. The predicted octanol–water partition coefficient (Wildman–Crippen LogP) is 4.10. The molecule has 0 atom stereocenters. The quantitative estimate of drug-likeness (QED) is 0.435. The minimum absolute atomic E-state index is 0.103. The number of benzene rings is 2. The Morgan fingerprint density at radius 3 is 2.28 bits per heavy atom. The van der Waals surface area contributed by atoms with E-state index in [9.17, 15) is 4.79 Å². The van der Waals surface area contributed by atoms with Gasteiger partial charge >= 0.3 is 0 Å². The fourth-order valence-electron chi connectivity index (χ4n) is 3.53. The molecule has 2 N–H and O–H groups in total. The van der Waals surface area contributed by atoms with E-state index >= 15 is 0 Å². The normalized spacial score (nSPS) is 10.7. The molecule has 2 heterocycles. The molecule has 0 unspecified atom stereocenters. The van der Waals surface area contributed by atoms with Crippen molar-refractivity contribution >= 4 is 11.7 Å². The van der Waals surface area contributed by atoms with Gasteiger partial charge in [-0.05, 0) is 50.1 Å². The van der Waals surface area contributed by atoms with Crippen LogP contribution in [0, 0.1) is 20.8 Å². The van der Waals surface area contributed by atoms with Crippen molar-refractivity contribution in [1.82, 2.24) is 25.1 Å². The third kappa shape index (κ3) is 5.00. The fraction of sp³-hybridized carbons (Fsp3) is 0.200. The van der Waals surface area contributed by atoms with E-state index in [0.717, 1.165) is 22.5 Å². The van der Waals surface area contributed by atoms with E-state index in [1.807, 2.05) is 75.4 Å². The van der Waals surface area contributed by atoms with Gasteiger partial charge in [0.2, 0.25) is 0 Å². The van der Waals surface area contributed by atoms with Gasteiger partial charge in [0.1, 0.15) is 11.6 Å². The maximum atomic E-state index is 12.5. The van der Waals surface area contributed by atoms with Crippen LogP contribution in [0.1, 0.15) is 27.6 Å². The molecule has 4 aromatic rings. The Morgan fingerprint density at radius 1 is 0.875 bits per heavy atom. The van der Waals surface area contributed by atoms with E-state index in [1.165, 1.54) is 0 Å². The van der Waals surface area contributed by atoms with Crippen LogP contribution in [0.3, 0.4) is 0 Å². The number of hydrogen-bond donors (Lipinski definition) is 2. The molecular weight excluding hydrogens is 400 g/mol. The van der Waals surface area contributed by atoms with Crippen molar-refractivity contribution in [3.8, 4) is 16.9 Å². The molecule has 1 amide bonds. The molecule has 7 nitrogen and oxygen atoms in total. The summed E-state index contributed by atoms with van der Waals surface area (Å²) in [5.74, 6) is 1.96. The average Bonchev–Trinajstić information content (AvgIpc) is 3.15. The van der Waals surface area contributed by atoms with E-state index in [0.29, 0.717) is 36.1 Å². The summed E-state index contributed by atoms with van der Waals surface area (Å²) in [5, 5.41) is 10.7. The molecule has 0 aliphatic heterocycles. The Labute approximate surface area is 187 Å². The smallest absolute Gasteiger partial charge is 0.251 e. The van der Waals surface area contributed by atoms with E-state index in [4.69, 9.17) is 0 Å².